The normalized spacial score (nSPS) is 14.1. The van der Waals surface area contributed by atoms with Gasteiger partial charge in [-0.1, -0.05) is 39.8 Å². The average Bonchev–Trinajstić information content (AvgIpc) is 2.00. The second-order valence-corrected chi connectivity index (χ2v) is 4.97. The predicted molar refractivity (Wildman–Crippen MR) is 63.7 cm³/mol. The first-order valence-corrected chi connectivity index (χ1v) is 5.78. The number of ketones is 1. The Kier molecular flexibility index (Phi) is 7.31. The average molecular weight is 212 g/mol. The van der Waals surface area contributed by atoms with Gasteiger partial charge in [-0.15, -0.1) is 0 Å². The summed E-state index contributed by atoms with van der Waals surface area (Å²) >= 11 is 0. The van der Waals surface area contributed by atoms with Gasteiger partial charge in [0.1, 0.15) is 5.78 Å². The van der Waals surface area contributed by atoms with Gasteiger partial charge in [0.05, 0.1) is 6.10 Å². The third-order valence-corrected chi connectivity index (χ3v) is 2.04. The Morgan fingerprint density at radius 2 is 1.73 bits per heavy atom. The summed E-state index contributed by atoms with van der Waals surface area (Å²) in [5.74, 6) is 1.12. The number of Topliss-reactive ketones (excluding diaryl/α,β-unsaturated/α-hetero) is 1. The summed E-state index contributed by atoms with van der Waals surface area (Å²) < 4.78 is 0. The quantitative estimate of drug-likeness (QED) is 0.659. The smallest absolute Gasteiger partial charge is 0.136 e. The van der Waals surface area contributed by atoms with Crippen molar-refractivity contribution < 1.29 is 9.90 Å². The van der Waals surface area contributed by atoms with Gasteiger partial charge in [-0.3, -0.25) is 4.79 Å². The lowest BCUT2D eigenvalue weighted by molar-refractivity contribution is -0.121. The first-order chi connectivity index (χ1) is 6.91. The number of rotatable bonds is 7. The molecule has 2 nitrogen and oxygen atoms in total. The molecule has 0 aliphatic heterocycles. The van der Waals surface area contributed by atoms with E-state index in [0.29, 0.717) is 18.3 Å². The van der Waals surface area contributed by atoms with Crippen LogP contribution in [0.4, 0.5) is 0 Å². The van der Waals surface area contributed by atoms with Crippen molar-refractivity contribution in [2.24, 2.45) is 11.8 Å². The molecule has 0 saturated carbocycles. The lowest BCUT2D eigenvalue weighted by Crippen LogP contribution is -2.12. The Morgan fingerprint density at radius 3 is 2.20 bits per heavy atom. The zero-order valence-corrected chi connectivity index (χ0v) is 10.4. The van der Waals surface area contributed by atoms with E-state index in [1.165, 1.54) is 0 Å². The van der Waals surface area contributed by atoms with Crippen molar-refractivity contribution in [3.05, 3.63) is 12.2 Å². The van der Waals surface area contributed by atoms with Gasteiger partial charge < -0.3 is 5.11 Å². The summed E-state index contributed by atoms with van der Waals surface area (Å²) in [4.78, 5) is 11.4. The summed E-state index contributed by atoms with van der Waals surface area (Å²) in [6.45, 7) is 8.28. The highest BCUT2D eigenvalue weighted by atomic mass is 16.3. The van der Waals surface area contributed by atoms with E-state index in [1.54, 1.807) is 6.08 Å². The van der Waals surface area contributed by atoms with E-state index in [1.807, 2.05) is 19.9 Å². The highest BCUT2D eigenvalue weighted by molar-refractivity contribution is 5.79. The molecule has 0 aromatic rings. The minimum Gasteiger partial charge on any atom is -0.389 e. The molecule has 0 heterocycles. The third kappa shape index (κ3) is 9.67. The lowest BCUT2D eigenvalue weighted by Gasteiger charge is -2.07. The van der Waals surface area contributed by atoms with Gasteiger partial charge in [-0.05, 0) is 18.3 Å². The van der Waals surface area contributed by atoms with Crippen molar-refractivity contribution in [3.8, 4) is 0 Å². The largest absolute Gasteiger partial charge is 0.389 e. The molecule has 0 bridgehead atoms. The molecule has 0 aromatic carbocycles. The van der Waals surface area contributed by atoms with Crippen LogP contribution < -0.4 is 0 Å². The minimum atomic E-state index is -0.602. The topological polar surface area (TPSA) is 37.3 Å². The number of carbonyl (C=O) groups is 1. The molecular weight excluding hydrogens is 188 g/mol. The van der Waals surface area contributed by atoms with E-state index in [-0.39, 0.29) is 12.2 Å². The van der Waals surface area contributed by atoms with E-state index >= 15 is 0 Å². The molecule has 0 aliphatic carbocycles. The fourth-order valence-corrected chi connectivity index (χ4v) is 1.35. The minimum absolute atomic E-state index is 0.145. The Bertz CT molecular complexity index is 205. The summed E-state index contributed by atoms with van der Waals surface area (Å²) in [6, 6.07) is 0. The summed E-state index contributed by atoms with van der Waals surface area (Å²) in [5, 5.41) is 9.54. The van der Waals surface area contributed by atoms with Gasteiger partial charge in [-0.25, -0.2) is 0 Å². The molecule has 15 heavy (non-hydrogen) atoms. The standard InChI is InChI=1S/C13H24O2/c1-10(2)6-5-7-12(14)9-13(15)8-11(3)4/h5,7,10-12,14H,6,8-9H2,1-4H3/b7-5+. The van der Waals surface area contributed by atoms with Crippen molar-refractivity contribution in [2.75, 3.05) is 0 Å². The second-order valence-electron chi connectivity index (χ2n) is 4.97. The molecule has 0 spiro atoms. The molecule has 0 amide bonds. The fraction of sp³-hybridized carbons (Fsp3) is 0.769. The van der Waals surface area contributed by atoms with E-state index in [0.717, 1.165) is 6.42 Å². The van der Waals surface area contributed by atoms with Gasteiger partial charge in [0.15, 0.2) is 0 Å². The van der Waals surface area contributed by atoms with Crippen molar-refractivity contribution >= 4 is 5.78 Å². The lowest BCUT2D eigenvalue weighted by atomic mass is 10.0. The number of aliphatic hydroxyl groups excluding tert-OH is 1. The Morgan fingerprint density at radius 1 is 1.13 bits per heavy atom. The van der Waals surface area contributed by atoms with Crippen molar-refractivity contribution in [2.45, 2.75) is 53.1 Å². The van der Waals surface area contributed by atoms with Crippen LogP contribution in [0.2, 0.25) is 0 Å². The number of hydrogen-bond acceptors (Lipinski definition) is 2. The zero-order chi connectivity index (χ0) is 11.8. The SMILES string of the molecule is CC(C)C/C=C/C(O)CC(=O)CC(C)C. The maximum Gasteiger partial charge on any atom is 0.136 e. The van der Waals surface area contributed by atoms with Crippen LogP contribution in [0.5, 0.6) is 0 Å². The number of aliphatic hydroxyl groups is 1. The summed E-state index contributed by atoms with van der Waals surface area (Å²) in [5.41, 5.74) is 0. The van der Waals surface area contributed by atoms with Gasteiger partial charge in [0, 0.05) is 12.8 Å². The van der Waals surface area contributed by atoms with E-state index in [2.05, 4.69) is 13.8 Å². The van der Waals surface area contributed by atoms with Gasteiger partial charge in [0.2, 0.25) is 0 Å². The van der Waals surface area contributed by atoms with Crippen LogP contribution in [0.1, 0.15) is 47.0 Å². The van der Waals surface area contributed by atoms with Crippen LogP contribution in [-0.4, -0.2) is 17.0 Å². The van der Waals surface area contributed by atoms with Crippen LogP contribution in [-0.2, 0) is 4.79 Å². The molecule has 1 atom stereocenters. The monoisotopic (exact) mass is 212 g/mol. The van der Waals surface area contributed by atoms with Gasteiger partial charge >= 0.3 is 0 Å². The summed E-state index contributed by atoms with van der Waals surface area (Å²) in [6.07, 6.45) is 4.86. The van der Waals surface area contributed by atoms with E-state index in [9.17, 15) is 9.90 Å². The Balaban J connectivity index is 3.77. The van der Waals surface area contributed by atoms with Crippen molar-refractivity contribution in [1.29, 1.82) is 0 Å². The highest BCUT2D eigenvalue weighted by Crippen LogP contribution is 2.07. The number of hydrogen-bond donors (Lipinski definition) is 1. The van der Waals surface area contributed by atoms with Crippen LogP contribution in [0.25, 0.3) is 0 Å². The molecule has 88 valence electrons. The molecule has 0 radical (unpaired) electrons. The van der Waals surface area contributed by atoms with Crippen LogP contribution in [0.15, 0.2) is 12.2 Å². The van der Waals surface area contributed by atoms with E-state index in [4.69, 9.17) is 0 Å². The van der Waals surface area contributed by atoms with Gasteiger partial charge in [-0.2, -0.15) is 0 Å². The maximum absolute atomic E-state index is 11.4. The van der Waals surface area contributed by atoms with Crippen molar-refractivity contribution in [1.82, 2.24) is 0 Å². The molecule has 0 fully saturated rings. The molecule has 0 aromatic heterocycles. The first kappa shape index (κ1) is 14.4. The first-order valence-electron chi connectivity index (χ1n) is 5.78. The third-order valence-electron chi connectivity index (χ3n) is 2.04. The van der Waals surface area contributed by atoms with E-state index < -0.39 is 6.10 Å². The van der Waals surface area contributed by atoms with Crippen LogP contribution in [0.3, 0.4) is 0 Å². The molecular formula is C13H24O2. The maximum atomic E-state index is 11.4. The number of allylic oxidation sites excluding steroid dienone is 1. The molecule has 2 heteroatoms. The van der Waals surface area contributed by atoms with Gasteiger partial charge in [0.25, 0.3) is 0 Å². The number of carbonyl (C=O) groups excluding carboxylic acids is 1. The summed E-state index contributed by atoms with van der Waals surface area (Å²) in [7, 11) is 0. The predicted octanol–water partition coefficient (Wildman–Crippen LogP) is 2.95. The fourth-order valence-electron chi connectivity index (χ4n) is 1.35. The molecule has 1 N–H and O–H groups in total. The Hall–Kier alpha value is -0.630. The van der Waals surface area contributed by atoms with Crippen molar-refractivity contribution in [3.63, 3.8) is 0 Å². The molecule has 0 saturated heterocycles. The Labute approximate surface area is 93.4 Å². The molecule has 0 rings (SSSR count). The second kappa shape index (κ2) is 7.63. The highest BCUT2D eigenvalue weighted by Gasteiger charge is 2.09. The zero-order valence-electron chi connectivity index (χ0n) is 10.4. The van der Waals surface area contributed by atoms with Crippen LogP contribution >= 0.6 is 0 Å². The van der Waals surface area contributed by atoms with Crippen LogP contribution in [0, 0.1) is 11.8 Å². The molecule has 0 aliphatic rings. The molecule has 1 unspecified atom stereocenters.